The van der Waals surface area contributed by atoms with E-state index in [9.17, 15) is 26.4 Å². The first-order valence-electron chi connectivity index (χ1n) is 11.4. The first kappa shape index (κ1) is 27.3. The minimum absolute atomic E-state index is 0.0522. The maximum Gasteiger partial charge on any atom is 0.534 e. The van der Waals surface area contributed by atoms with Crippen LogP contribution in [0.2, 0.25) is 0 Å². The summed E-state index contributed by atoms with van der Waals surface area (Å²) in [7, 11) is -4.14. The molecule has 0 spiro atoms. The summed E-state index contributed by atoms with van der Waals surface area (Å²) < 4.78 is 73.8. The zero-order valence-corrected chi connectivity index (χ0v) is 21.0. The summed E-state index contributed by atoms with van der Waals surface area (Å²) in [5.41, 5.74) is -3.10. The molecule has 1 fully saturated rings. The van der Waals surface area contributed by atoms with Crippen molar-refractivity contribution in [2.24, 2.45) is 7.05 Å². The first-order chi connectivity index (χ1) is 18.0. The van der Waals surface area contributed by atoms with Crippen molar-refractivity contribution in [1.29, 1.82) is 0 Å². The van der Waals surface area contributed by atoms with Gasteiger partial charge in [-0.1, -0.05) is 6.07 Å². The number of hydrogen-bond acceptors (Lipinski definition) is 8. The lowest BCUT2D eigenvalue weighted by Crippen LogP contribution is -2.36. The number of morpholine rings is 1. The lowest BCUT2D eigenvalue weighted by molar-refractivity contribution is -0.111. The molecule has 0 aliphatic carbocycles. The van der Waals surface area contributed by atoms with Crippen LogP contribution in [0.15, 0.2) is 55.1 Å². The van der Waals surface area contributed by atoms with Crippen LogP contribution in [0.3, 0.4) is 0 Å². The van der Waals surface area contributed by atoms with Crippen molar-refractivity contribution in [2.45, 2.75) is 12.1 Å². The standard InChI is InChI=1S/C24H24F3N5O5S/c1-31-15-19(14-29-31)21-6-7-28-13-17(21)3-5-23(33)30-20-4-2-18(16-32-8-10-36-11-9-32)22(12-20)37-38(34,35)24(25,26)27/h2-7,12-15H,8-11,16H2,1H3,(H,30,33)/b5-3+. The van der Waals surface area contributed by atoms with Gasteiger partial charge in [-0.3, -0.25) is 19.4 Å². The summed E-state index contributed by atoms with van der Waals surface area (Å²) in [6.07, 6.45) is 9.41. The van der Waals surface area contributed by atoms with Crippen molar-refractivity contribution >= 4 is 27.8 Å². The summed E-state index contributed by atoms with van der Waals surface area (Å²) in [6.45, 7) is 2.06. The van der Waals surface area contributed by atoms with Gasteiger partial charge in [-0.15, -0.1) is 0 Å². The number of ether oxygens (including phenoxy) is 1. The maximum atomic E-state index is 13.0. The van der Waals surface area contributed by atoms with Crippen molar-refractivity contribution in [1.82, 2.24) is 19.7 Å². The number of aromatic nitrogens is 3. The quantitative estimate of drug-likeness (QED) is 0.258. The topological polar surface area (TPSA) is 116 Å². The molecule has 4 rings (SSSR count). The van der Waals surface area contributed by atoms with Gasteiger partial charge in [-0.05, 0) is 23.8 Å². The molecule has 202 valence electrons. The Labute approximate surface area is 216 Å². The highest BCUT2D eigenvalue weighted by atomic mass is 32.2. The minimum Gasteiger partial charge on any atom is -0.379 e. The number of benzene rings is 1. The third-order valence-electron chi connectivity index (χ3n) is 5.60. The van der Waals surface area contributed by atoms with E-state index in [0.717, 1.165) is 17.2 Å². The van der Waals surface area contributed by atoms with Gasteiger partial charge in [0.2, 0.25) is 5.91 Å². The molecular weight excluding hydrogens is 527 g/mol. The Kier molecular flexibility index (Phi) is 8.14. The Bertz CT molecular complexity index is 1430. The average molecular weight is 552 g/mol. The fourth-order valence-corrected chi connectivity index (χ4v) is 4.20. The summed E-state index contributed by atoms with van der Waals surface area (Å²) in [5, 5.41) is 6.66. The smallest absolute Gasteiger partial charge is 0.379 e. The molecule has 3 heterocycles. The fraction of sp³-hybridized carbons (Fsp3) is 0.292. The van der Waals surface area contributed by atoms with E-state index in [0.29, 0.717) is 31.9 Å². The fourth-order valence-electron chi connectivity index (χ4n) is 3.72. The molecule has 1 aromatic carbocycles. The van der Waals surface area contributed by atoms with E-state index in [4.69, 9.17) is 4.74 Å². The molecule has 1 aliphatic heterocycles. The Balaban J connectivity index is 1.54. The van der Waals surface area contributed by atoms with Gasteiger partial charge in [0.1, 0.15) is 5.75 Å². The zero-order valence-electron chi connectivity index (χ0n) is 20.2. The van der Waals surface area contributed by atoms with Crippen LogP contribution >= 0.6 is 0 Å². The van der Waals surface area contributed by atoms with E-state index in [1.807, 2.05) is 11.1 Å². The van der Waals surface area contributed by atoms with Gasteiger partial charge in [-0.25, -0.2) is 0 Å². The van der Waals surface area contributed by atoms with Crippen molar-refractivity contribution in [3.63, 3.8) is 0 Å². The number of carbonyl (C=O) groups is 1. The van der Waals surface area contributed by atoms with E-state index >= 15 is 0 Å². The van der Waals surface area contributed by atoms with Crippen molar-refractivity contribution < 1.29 is 35.3 Å². The predicted molar refractivity (Wildman–Crippen MR) is 132 cm³/mol. The van der Waals surface area contributed by atoms with E-state index in [1.54, 1.807) is 36.4 Å². The predicted octanol–water partition coefficient (Wildman–Crippen LogP) is 3.19. The van der Waals surface area contributed by atoms with Gasteiger partial charge < -0.3 is 14.2 Å². The molecule has 0 unspecified atom stereocenters. The van der Waals surface area contributed by atoms with Crippen LogP contribution in [0, 0.1) is 0 Å². The molecule has 0 bridgehead atoms. The number of rotatable bonds is 8. The van der Waals surface area contributed by atoms with Crippen molar-refractivity contribution in [3.8, 4) is 16.9 Å². The van der Waals surface area contributed by atoms with E-state index in [-0.39, 0.29) is 17.8 Å². The number of hydrogen-bond donors (Lipinski definition) is 1. The number of carbonyl (C=O) groups excluding carboxylic acids is 1. The summed E-state index contributed by atoms with van der Waals surface area (Å²) in [6, 6.07) is 5.69. The molecule has 2 aromatic heterocycles. The molecular formula is C24H24F3N5O5S. The Morgan fingerprint density at radius 2 is 1.97 bits per heavy atom. The Hall–Kier alpha value is -3.75. The highest BCUT2D eigenvalue weighted by molar-refractivity contribution is 7.88. The SMILES string of the molecule is Cn1cc(-c2ccncc2/C=C/C(=O)Nc2ccc(CN3CCOCC3)c(OS(=O)(=O)C(F)(F)F)c2)cn1. The lowest BCUT2D eigenvalue weighted by atomic mass is 10.0. The maximum absolute atomic E-state index is 13.0. The van der Waals surface area contributed by atoms with Crippen LogP contribution in [0.4, 0.5) is 18.9 Å². The number of nitrogens with zero attached hydrogens (tertiary/aromatic N) is 4. The number of nitrogens with one attached hydrogen (secondary N) is 1. The summed E-state index contributed by atoms with van der Waals surface area (Å²) >= 11 is 0. The number of anilines is 1. The van der Waals surface area contributed by atoms with E-state index < -0.39 is 27.3 Å². The zero-order chi connectivity index (χ0) is 27.3. The number of halogens is 3. The molecule has 1 N–H and O–H groups in total. The second kappa shape index (κ2) is 11.3. The van der Waals surface area contributed by atoms with Gasteiger partial charge in [0, 0.05) is 79.8 Å². The largest absolute Gasteiger partial charge is 0.534 e. The molecule has 0 atom stereocenters. The average Bonchev–Trinajstić information content (AvgIpc) is 3.30. The van der Waals surface area contributed by atoms with Gasteiger partial charge in [0.15, 0.2) is 0 Å². The van der Waals surface area contributed by atoms with Crippen LogP contribution in [0.25, 0.3) is 17.2 Å². The molecule has 1 amide bonds. The van der Waals surface area contributed by atoms with Crippen LogP contribution in [-0.2, 0) is 33.2 Å². The third kappa shape index (κ3) is 6.76. The Morgan fingerprint density at radius 1 is 1.21 bits per heavy atom. The number of amides is 1. The normalized spacial score (nSPS) is 15.1. The number of pyridine rings is 1. The number of alkyl halides is 3. The summed E-state index contributed by atoms with van der Waals surface area (Å²) in [5.74, 6) is -1.13. The second-order valence-electron chi connectivity index (χ2n) is 8.38. The number of aryl methyl sites for hydroxylation is 1. The van der Waals surface area contributed by atoms with Gasteiger partial charge in [0.25, 0.3) is 0 Å². The van der Waals surface area contributed by atoms with Crippen LogP contribution in [0.1, 0.15) is 11.1 Å². The minimum atomic E-state index is -5.92. The van der Waals surface area contributed by atoms with E-state index in [1.165, 1.54) is 24.3 Å². The van der Waals surface area contributed by atoms with Gasteiger partial charge in [0.05, 0.1) is 19.4 Å². The van der Waals surface area contributed by atoms with Crippen molar-refractivity contribution in [3.05, 3.63) is 66.3 Å². The third-order valence-corrected chi connectivity index (χ3v) is 6.56. The van der Waals surface area contributed by atoms with Crippen LogP contribution < -0.4 is 9.50 Å². The van der Waals surface area contributed by atoms with Crippen molar-refractivity contribution in [2.75, 3.05) is 31.6 Å². The van der Waals surface area contributed by atoms with Gasteiger partial charge >= 0.3 is 15.6 Å². The summed E-state index contributed by atoms with van der Waals surface area (Å²) in [4.78, 5) is 18.6. The van der Waals surface area contributed by atoms with Crippen LogP contribution in [-0.4, -0.2) is 65.8 Å². The Morgan fingerprint density at radius 3 is 2.66 bits per heavy atom. The second-order valence-corrected chi connectivity index (χ2v) is 9.92. The van der Waals surface area contributed by atoms with Gasteiger partial charge in [-0.2, -0.15) is 26.7 Å². The molecule has 38 heavy (non-hydrogen) atoms. The molecule has 1 saturated heterocycles. The molecule has 10 nitrogen and oxygen atoms in total. The molecule has 14 heteroatoms. The van der Waals surface area contributed by atoms with E-state index in [2.05, 4.69) is 19.6 Å². The monoisotopic (exact) mass is 551 g/mol. The molecule has 3 aromatic rings. The highest BCUT2D eigenvalue weighted by Crippen LogP contribution is 2.32. The first-order valence-corrected chi connectivity index (χ1v) is 12.8. The van der Waals surface area contributed by atoms with Crippen LogP contribution in [0.5, 0.6) is 5.75 Å². The highest BCUT2D eigenvalue weighted by Gasteiger charge is 2.48. The molecule has 0 saturated carbocycles. The lowest BCUT2D eigenvalue weighted by Gasteiger charge is -2.27. The molecule has 1 aliphatic rings. The molecule has 0 radical (unpaired) electrons.